The van der Waals surface area contributed by atoms with Crippen molar-refractivity contribution in [2.24, 2.45) is 5.92 Å². The molecule has 186 valence electrons. The molecule has 0 aliphatic carbocycles. The van der Waals surface area contributed by atoms with E-state index in [4.69, 9.17) is 9.47 Å². The van der Waals surface area contributed by atoms with Gasteiger partial charge in [-0.15, -0.1) is 0 Å². The zero-order valence-electron chi connectivity index (χ0n) is 20.3. The lowest BCUT2D eigenvalue weighted by Gasteiger charge is -2.44. The molecule has 1 fully saturated rings. The van der Waals surface area contributed by atoms with Gasteiger partial charge in [0.25, 0.3) is 0 Å². The number of fused-ring (bicyclic) bond motifs is 1. The van der Waals surface area contributed by atoms with Crippen molar-refractivity contribution in [3.8, 4) is 0 Å². The number of carbonyl (C=O) groups excluding carboxylic acids is 1. The molecule has 0 bridgehead atoms. The highest BCUT2D eigenvalue weighted by molar-refractivity contribution is 7.89. The maximum absolute atomic E-state index is 13.7. The summed E-state index contributed by atoms with van der Waals surface area (Å²) in [6.07, 6.45) is 2.39. The first kappa shape index (κ1) is 24.3. The molecule has 36 heavy (non-hydrogen) atoms. The van der Waals surface area contributed by atoms with Crippen molar-refractivity contribution in [1.82, 2.24) is 4.31 Å². The summed E-state index contributed by atoms with van der Waals surface area (Å²) >= 11 is 0. The second-order valence-electron chi connectivity index (χ2n) is 9.47. The second kappa shape index (κ2) is 9.56. The first-order chi connectivity index (χ1) is 17.3. The third-order valence-electron chi connectivity index (χ3n) is 7.11. The largest absolute Gasteiger partial charge is 0.464 e. The van der Waals surface area contributed by atoms with Gasteiger partial charge in [-0.2, -0.15) is 4.31 Å². The molecule has 0 saturated carbocycles. The zero-order valence-corrected chi connectivity index (χ0v) is 21.1. The number of hydrogen-bond donors (Lipinski definition) is 0. The molecule has 0 radical (unpaired) electrons. The summed E-state index contributed by atoms with van der Waals surface area (Å²) in [6.45, 7) is 4.07. The Morgan fingerprint density at radius 2 is 1.64 bits per heavy atom. The van der Waals surface area contributed by atoms with E-state index < -0.39 is 21.7 Å². The molecule has 7 heteroatoms. The lowest BCUT2D eigenvalue weighted by molar-refractivity contribution is -0.157. The number of carbonyl (C=O) groups is 1. The van der Waals surface area contributed by atoms with Crippen LogP contribution in [0.1, 0.15) is 36.0 Å². The molecule has 2 aliphatic heterocycles. The molecule has 3 atom stereocenters. The number of nitrogens with zero attached hydrogens (tertiary/aromatic N) is 1. The molecule has 6 nitrogen and oxygen atoms in total. The minimum atomic E-state index is -3.87. The normalized spacial score (nSPS) is 23.9. The number of ether oxygens (including phenoxy) is 2. The van der Waals surface area contributed by atoms with E-state index in [0.29, 0.717) is 13.0 Å². The Morgan fingerprint density at radius 3 is 2.31 bits per heavy atom. The Morgan fingerprint density at radius 1 is 1.00 bits per heavy atom. The van der Waals surface area contributed by atoms with Crippen molar-refractivity contribution in [2.45, 2.75) is 43.4 Å². The topological polar surface area (TPSA) is 72.9 Å². The van der Waals surface area contributed by atoms with E-state index in [1.54, 1.807) is 37.3 Å². The highest BCUT2D eigenvalue weighted by Crippen LogP contribution is 2.51. The van der Waals surface area contributed by atoms with Gasteiger partial charge in [0, 0.05) is 18.4 Å². The van der Waals surface area contributed by atoms with E-state index in [1.807, 2.05) is 67.6 Å². The average molecular weight is 504 g/mol. The fraction of sp³-hybridized carbons (Fsp3) is 0.276. The van der Waals surface area contributed by atoms with Crippen LogP contribution in [0.25, 0.3) is 0 Å². The molecular weight excluding hydrogens is 474 g/mol. The highest BCUT2D eigenvalue weighted by atomic mass is 32.2. The van der Waals surface area contributed by atoms with E-state index in [1.165, 1.54) is 4.31 Å². The summed E-state index contributed by atoms with van der Waals surface area (Å²) in [4.78, 5) is 13.4. The minimum Gasteiger partial charge on any atom is -0.464 e. The van der Waals surface area contributed by atoms with Crippen LogP contribution in [-0.2, 0) is 30.9 Å². The average Bonchev–Trinajstić information content (AvgIpc) is 3.26. The van der Waals surface area contributed by atoms with Gasteiger partial charge >= 0.3 is 5.97 Å². The molecule has 0 N–H and O–H groups in total. The molecule has 5 rings (SSSR count). The van der Waals surface area contributed by atoms with Gasteiger partial charge in [0.2, 0.25) is 15.8 Å². The fourth-order valence-electron chi connectivity index (χ4n) is 5.21. The van der Waals surface area contributed by atoms with Gasteiger partial charge in [-0.25, -0.2) is 13.2 Å². The van der Waals surface area contributed by atoms with Gasteiger partial charge in [0.05, 0.1) is 4.90 Å². The number of hydrogen-bond acceptors (Lipinski definition) is 5. The Labute approximate surface area is 212 Å². The number of esters is 1. The van der Waals surface area contributed by atoms with E-state index in [9.17, 15) is 13.2 Å². The van der Waals surface area contributed by atoms with Crippen molar-refractivity contribution in [3.05, 3.63) is 113 Å². The number of rotatable bonds is 6. The molecule has 2 aliphatic rings. The van der Waals surface area contributed by atoms with E-state index in [0.717, 1.165) is 16.7 Å². The van der Waals surface area contributed by atoms with Gasteiger partial charge in [0.15, 0.2) is 5.72 Å². The zero-order chi connectivity index (χ0) is 25.3. The van der Waals surface area contributed by atoms with Crippen LogP contribution in [0.3, 0.4) is 0 Å². The summed E-state index contributed by atoms with van der Waals surface area (Å²) in [5, 5.41) is 0. The van der Waals surface area contributed by atoms with Crippen LogP contribution < -0.4 is 0 Å². The molecule has 2 heterocycles. The number of aryl methyl sites for hydroxylation is 1. The molecule has 1 saturated heterocycles. The van der Waals surface area contributed by atoms with Crippen LogP contribution in [0.2, 0.25) is 0 Å². The van der Waals surface area contributed by atoms with Crippen LogP contribution in [0.5, 0.6) is 0 Å². The summed E-state index contributed by atoms with van der Waals surface area (Å²) in [7, 11) is -3.87. The van der Waals surface area contributed by atoms with Crippen molar-refractivity contribution < 1.29 is 22.7 Å². The monoisotopic (exact) mass is 503 g/mol. The quantitative estimate of drug-likeness (QED) is 0.435. The molecule has 0 amide bonds. The van der Waals surface area contributed by atoms with Crippen LogP contribution in [0.15, 0.2) is 102 Å². The fourth-order valence-corrected chi connectivity index (χ4v) is 6.94. The third kappa shape index (κ3) is 4.45. The Bertz CT molecular complexity index is 1370. The lowest BCUT2D eigenvalue weighted by atomic mass is 9.78. The van der Waals surface area contributed by atoms with Crippen LogP contribution >= 0.6 is 0 Å². The highest BCUT2D eigenvalue weighted by Gasteiger charge is 2.58. The van der Waals surface area contributed by atoms with Gasteiger partial charge in [-0.3, -0.25) is 0 Å². The van der Waals surface area contributed by atoms with E-state index >= 15 is 0 Å². The van der Waals surface area contributed by atoms with Gasteiger partial charge in [0.1, 0.15) is 6.61 Å². The molecule has 0 aromatic heterocycles. The van der Waals surface area contributed by atoms with E-state index in [2.05, 4.69) is 0 Å². The molecule has 0 unspecified atom stereocenters. The molecule has 0 spiro atoms. The standard InChI is InChI=1S/C29H29NO5S/c1-21-13-15-24(16-14-21)36(32,33)30-18-17-26-25(23-11-7-4-8-12-23)19-27(35-29(26,30)2)28(31)34-20-22-9-5-3-6-10-22/h3-16,19,25-26H,17-18,20H2,1-2H3/t25-,26+,29-/m1/s1. The predicted octanol–water partition coefficient (Wildman–Crippen LogP) is 5.16. The predicted molar refractivity (Wildman–Crippen MR) is 136 cm³/mol. The second-order valence-corrected chi connectivity index (χ2v) is 11.3. The summed E-state index contributed by atoms with van der Waals surface area (Å²) in [6, 6.07) is 26.0. The summed E-state index contributed by atoms with van der Waals surface area (Å²) < 4.78 is 40.7. The Kier molecular flexibility index (Phi) is 6.45. The third-order valence-corrected chi connectivity index (χ3v) is 9.11. The Hall–Kier alpha value is -3.42. The maximum Gasteiger partial charge on any atom is 0.373 e. The SMILES string of the molecule is Cc1ccc(S(=O)(=O)N2CC[C@H]3[C@@H](c4ccccc4)C=C(C(=O)OCc4ccccc4)O[C@]32C)cc1. The first-order valence-electron chi connectivity index (χ1n) is 12.1. The molecular formula is C29H29NO5S. The first-order valence-corrected chi connectivity index (χ1v) is 13.5. The van der Waals surface area contributed by atoms with Crippen LogP contribution in [-0.4, -0.2) is 31.0 Å². The van der Waals surface area contributed by atoms with Crippen LogP contribution in [0, 0.1) is 12.8 Å². The Balaban J connectivity index is 1.50. The van der Waals surface area contributed by atoms with Gasteiger partial charge < -0.3 is 9.47 Å². The number of sulfonamides is 1. The molecule has 3 aromatic carbocycles. The summed E-state index contributed by atoms with van der Waals surface area (Å²) in [5.41, 5.74) is 1.58. The van der Waals surface area contributed by atoms with Gasteiger partial charge in [-0.1, -0.05) is 78.4 Å². The maximum atomic E-state index is 13.7. The lowest BCUT2D eigenvalue weighted by Crippen LogP contribution is -2.53. The van der Waals surface area contributed by atoms with Crippen LogP contribution in [0.4, 0.5) is 0 Å². The van der Waals surface area contributed by atoms with E-state index in [-0.39, 0.29) is 29.1 Å². The number of allylic oxidation sites excluding steroid dienone is 1. The van der Waals surface area contributed by atoms with Gasteiger partial charge in [-0.05, 0) is 49.6 Å². The smallest absolute Gasteiger partial charge is 0.373 e. The van der Waals surface area contributed by atoms with Crippen molar-refractivity contribution >= 4 is 16.0 Å². The minimum absolute atomic E-state index is 0.0320. The summed E-state index contributed by atoms with van der Waals surface area (Å²) in [5.74, 6) is -0.961. The van der Waals surface area contributed by atoms with Crippen molar-refractivity contribution in [2.75, 3.05) is 6.54 Å². The van der Waals surface area contributed by atoms with Crippen molar-refractivity contribution in [1.29, 1.82) is 0 Å². The molecule has 3 aromatic rings. The van der Waals surface area contributed by atoms with Crippen molar-refractivity contribution in [3.63, 3.8) is 0 Å². The number of benzene rings is 3.